The molecule has 2 aliphatic rings. The van der Waals surface area contributed by atoms with Gasteiger partial charge < -0.3 is 19.9 Å². The predicted octanol–water partition coefficient (Wildman–Crippen LogP) is 3.67. The molecule has 1 aliphatic carbocycles. The Hall–Kier alpha value is -1.13. The highest BCUT2D eigenvalue weighted by Gasteiger charge is 2.40. The Bertz CT molecular complexity index is 541. The normalized spacial score (nSPS) is 20.3. The lowest BCUT2D eigenvalue weighted by Crippen LogP contribution is -2.38. The largest absolute Gasteiger partial charge is 0.495 e. The molecule has 1 heterocycles. The summed E-state index contributed by atoms with van der Waals surface area (Å²) < 4.78 is 17.5. The first-order valence-corrected chi connectivity index (χ1v) is 8.46. The van der Waals surface area contributed by atoms with Crippen LogP contribution in [0.5, 0.6) is 17.2 Å². The Morgan fingerprint density at radius 1 is 1.18 bits per heavy atom. The van der Waals surface area contributed by atoms with Gasteiger partial charge in [-0.15, -0.1) is 0 Å². The third-order valence-electron chi connectivity index (χ3n) is 4.88. The quantitative estimate of drug-likeness (QED) is 0.921. The van der Waals surface area contributed by atoms with Gasteiger partial charge in [0.05, 0.1) is 25.3 Å². The molecule has 1 saturated carbocycles. The fourth-order valence-electron chi connectivity index (χ4n) is 3.72. The highest BCUT2D eigenvalue weighted by Crippen LogP contribution is 2.53. The van der Waals surface area contributed by atoms with E-state index in [0.717, 1.165) is 36.3 Å². The van der Waals surface area contributed by atoms with Gasteiger partial charge in [0.1, 0.15) is 5.75 Å². The summed E-state index contributed by atoms with van der Waals surface area (Å²) in [4.78, 5) is 0. The summed E-state index contributed by atoms with van der Waals surface area (Å²) in [7, 11) is 1.65. The van der Waals surface area contributed by atoms with Gasteiger partial charge in [-0.25, -0.2) is 0 Å². The van der Waals surface area contributed by atoms with E-state index in [1.165, 1.54) is 19.3 Å². The third-order valence-corrected chi connectivity index (χ3v) is 5.16. The second-order valence-corrected chi connectivity index (χ2v) is 6.60. The summed E-state index contributed by atoms with van der Waals surface area (Å²) in [6.45, 7) is 1.86. The first-order valence-electron chi connectivity index (χ1n) is 8.08. The molecule has 0 unspecified atom stereocenters. The summed E-state index contributed by atoms with van der Waals surface area (Å²) >= 11 is 6.46. The van der Waals surface area contributed by atoms with E-state index in [4.69, 9.17) is 31.5 Å². The van der Waals surface area contributed by atoms with Crippen molar-refractivity contribution in [2.45, 2.75) is 43.9 Å². The molecule has 3 rings (SSSR count). The maximum Gasteiger partial charge on any atom is 0.168 e. The van der Waals surface area contributed by atoms with Crippen LogP contribution < -0.4 is 19.9 Å². The van der Waals surface area contributed by atoms with Crippen LogP contribution in [0.2, 0.25) is 5.02 Å². The smallest absolute Gasteiger partial charge is 0.168 e. The van der Waals surface area contributed by atoms with Gasteiger partial charge in [-0.05, 0) is 12.8 Å². The molecular formula is C17H24ClNO3. The number of rotatable bonds is 3. The molecular weight excluding hydrogens is 302 g/mol. The lowest BCUT2D eigenvalue weighted by molar-refractivity contribution is 0.261. The van der Waals surface area contributed by atoms with Gasteiger partial charge in [-0.3, -0.25) is 0 Å². The van der Waals surface area contributed by atoms with Crippen molar-refractivity contribution in [3.05, 3.63) is 16.7 Å². The maximum atomic E-state index is 6.46. The lowest BCUT2D eigenvalue weighted by Gasteiger charge is -2.39. The molecule has 0 atom stereocenters. The van der Waals surface area contributed by atoms with E-state index in [1.54, 1.807) is 13.2 Å². The maximum absolute atomic E-state index is 6.46. The third kappa shape index (κ3) is 2.63. The number of ether oxygens (including phenoxy) is 3. The van der Waals surface area contributed by atoms with Gasteiger partial charge in [0.15, 0.2) is 11.5 Å². The van der Waals surface area contributed by atoms with Gasteiger partial charge in [0.25, 0.3) is 0 Å². The number of methoxy groups -OCH3 is 1. The minimum atomic E-state index is -0.133. The van der Waals surface area contributed by atoms with Gasteiger partial charge in [-0.2, -0.15) is 0 Å². The van der Waals surface area contributed by atoms with Crippen molar-refractivity contribution in [2.24, 2.45) is 5.73 Å². The van der Waals surface area contributed by atoms with Crippen LogP contribution in [0.4, 0.5) is 0 Å². The van der Waals surface area contributed by atoms with E-state index >= 15 is 0 Å². The SMILES string of the molecule is COc1c(Cl)cc2c(c1C1(CN)CCCCC1)OCCCO2. The van der Waals surface area contributed by atoms with Crippen LogP contribution in [0.1, 0.15) is 44.1 Å². The molecule has 0 bridgehead atoms. The van der Waals surface area contributed by atoms with Crippen LogP contribution in [0.15, 0.2) is 6.07 Å². The molecule has 2 N–H and O–H groups in total. The summed E-state index contributed by atoms with van der Waals surface area (Å²) in [5.41, 5.74) is 7.10. The van der Waals surface area contributed by atoms with Gasteiger partial charge in [-0.1, -0.05) is 30.9 Å². The molecule has 1 aliphatic heterocycles. The average molecular weight is 326 g/mol. The van der Waals surface area contributed by atoms with Gasteiger partial charge in [0.2, 0.25) is 0 Å². The van der Waals surface area contributed by atoms with Crippen molar-refractivity contribution in [3.63, 3.8) is 0 Å². The van der Waals surface area contributed by atoms with Crippen LogP contribution in [-0.4, -0.2) is 26.9 Å². The topological polar surface area (TPSA) is 53.7 Å². The standard InChI is InChI=1S/C17H24ClNO3/c1-20-15-12(18)10-13-16(22-9-5-8-21-13)14(15)17(11-19)6-3-2-4-7-17/h10H,2-9,11,19H2,1H3. The van der Waals surface area contributed by atoms with Crippen molar-refractivity contribution in [1.29, 1.82) is 0 Å². The van der Waals surface area contributed by atoms with Crippen LogP contribution >= 0.6 is 11.6 Å². The Balaban J connectivity index is 2.20. The molecule has 0 radical (unpaired) electrons. The zero-order chi connectivity index (χ0) is 15.6. The summed E-state index contributed by atoms with van der Waals surface area (Å²) in [5, 5.41) is 0.570. The molecule has 122 valence electrons. The van der Waals surface area contributed by atoms with Crippen LogP contribution in [0, 0.1) is 0 Å². The first-order chi connectivity index (χ1) is 10.7. The zero-order valence-electron chi connectivity index (χ0n) is 13.1. The number of hydrogen-bond acceptors (Lipinski definition) is 4. The highest BCUT2D eigenvalue weighted by atomic mass is 35.5. The van der Waals surface area contributed by atoms with Crippen LogP contribution in [0.3, 0.4) is 0 Å². The molecule has 1 aromatic rings. The number of halogens is 1. The Kier molecular flexibility index (Phi) is 4.69. The molecule has 0 spiro atoms. The molecule has 0 aromatic heterocycles. The molecule has 0 saturated heterocycles. The molecule has 1 aromatic carbocycles. The zero-order valence-corrected chi connectivity index (χ0v) is 13.9. The fourth-order valence-corrected chi connectivity index (χ4v) is 3.99. The second kappa shape index (κ2) is 6.55. The Morgan fingerprint density at radius 2 is 1.91 bits per heavy atom. The van der Waals surface area contributed by atoms with Crippen molar-refractivity contribution in [2.75, 3.05) is 26.9 Å². The summed E-state index contributed by atoms with van der Waals surface area (Å²) in [6, 6.07) is 1.80. The van der Waals surface area contributed by atoms with Crippen LogP contribution in [-0.2, 0) is 5.41 Å². The van der Waals surface area contributed by atoms with Crippen molar-refractivity contribution in [1.82, 2.24) is 0 Å². The average Bonchev–Trinajstić information content (AvgIpc) is 2.79. The van der Waals surface area contributed by atoms with Crippen molar-refractivity contribution >= 4 is 11.6 Å². The molecule has 5 heteroatoms. The van der Waals surface area contributed by atoms with Gasteiger partial charge >= 0.3 is 0 Å². The van der Waals surface area contributed by atoms with Crippen molar-refractivity contribution < 1.29 is 14.2 Å². The summed E-state index contributed by atoms with van der Waals surface area (Å²) in [6.07, 6.45) is 6.53. The van der Waals surface area contributed by atoms with E-state index in [0.29, 0.717) is 30.5 Å². The first kappa shape index (κ1) is 15.8. The number of fused-ring (bicyclic) bond motifs is 1. The van der Waals surface area contributed by atoms with E-state index in [2.05, 4.69) is 0 Å². The number of nitrogens with two attached hydrogens (primary N) is 1. The van der Waals surface area contributed by atoms with E-state index in [-0.39, 0.29) is 5.41 Å². The van der Waals surface area contributed by atoms with Crippen LogP contribution in [0.25, 0.3) is 0 Å². The molecule has 0 amide bonds. The second-order valence-electron chi connectivity index (χ2n) is 6.19. The molecule has 22 heavy (non-hydrogen) atoms. The summed E-state index contributed by atoms with van der Waals surface area (Å²) in [5.74, 6) is 2.20. The Labute approximate surface area is 136 Å². The highest BCUT2D eigenvalue weighted by molar-refractivity contribution is 6.32. The minimum Gasteiger partial charge on any atom is -0.495 e. The predicted molar refractivity (Wildman–Crippen MR) is 87.4 cm³/mol. The lowest BCUT2D eigenvalue weighted by atomic mass is 9.68. The Morgan fingerprint density at radius 3 is 2.59 bits per heavy atom. The monoisotopic (exact) mass is 325 g/mol. The minimum absolute atomic E-state index is 0.133. The molecule has 1 fully saturated rings. The number of benzene rings is 1. The van der Waals surface area contributed by atoms with E-state index in [9.17, 15) is 0 Å². The number of hydrogen-bond donors (Lipinski definition) is 1. The van der Waals surface area contributed by atoms with Crippen molar-refractivity contribution in [3.8, 4) is 17.2 Å². The van der Waals surface area contributed by atoms with Gasteiger partial charge in [0, 0.05) is 30.0 Å². The van der Waals surface area contributed by atoms with E-state index < -0.39 is 0 Å². The molecule has 4 nitrogen and oxygen atoms in total. The van der Waals surface area contributed by atoms with E-state index in [1.807, 2.05) is 0 Å². The fraction of sp³-hybridized carbons (Fsp3) is 0.647.